The summed E-state index contributed by atoms with van der Waals surface area (Å²) in [5.74, 6) is 0.956. The van der Waals surface area contributed by atoms with Crippen LogP contribution in [0.5, 0.6) is 0 Å². The van der Waals surface area contributed by atoms with Crippen LogP contribution in [0.2, 0.25) is 0 Å². The van der Waals surface area contributed by atoms with Gasteiger partial charge < -0.3 is 14.8 Å². The average molecular weight is 334 g/mol. The molecule has 1 saturated carbocycles. The number of piperidine rings is 1. The van der Waals surface area contributed by atoms with Gasteiger partial charge in [0.15, 0.2) is 5.76 Å². The van der Waals surface area contributed by atoms with E-state index in [1.807, 2.05) is 6.07 Å². The van der Waals surface area contributed by atoms with Crippen molar-refractivity contribution >= 4 is 5.91 Å². The summed E-state index contributed by atoms with van der Waals surface area (Å²) in [6.07, 6.45) is 8.54. The van der Waals surface area contributed by atoms with Gasteiger partial charge in [0.2, 0.25) is 0 Å². The molecule has 24 heavy (non-hydrogen) atoms. The van der Waals surface area contributed by atoms with Crippen molar-refractivity contribution in [3.63, 3.8) is 0 Å². The fraction of sp³-hybridized carbons (Fsp3) is 0.737. The molecule has 2 heterocycles. The molecule has 1 saturated heterocycles. The minimum atomic E-state index is -0.746. The van der Waals surface area contributed by atoms with Gasteiger partial charge in [-0.3, -0.25) is 9.69 Å². The molecule has 2 N–H and O–H groups in total. The number of furan rings is 1. The summed E-state index contributed by atoms with van der Waals surface area (Å²) >= 11 is 0. The average Bonchev–Trinajstić information content (AvgIpc) is 3.11. The summed E-state index contributed by atoms with van der Waals surface area (Å²) in [4.78, 5) is 14.7. The Balaban J connectivity index is 1.55. The van der Waals surface area contributed by atoms with Gasteiger partial charge in [0.1, 0.15) is 5.76 Å². The third kappa shape index (κ3) is 4.19. The molecule has 0 bridgehead atoms. The Kier molecular flexibility index (Phi) is 5.61. The van der Waals surface area contributed by atoms with Crippen LogP contribution in [0.1, 0.15) is 80.6 Å². The summed E-state index contributed by atoms with van der Waals surface area (Å²) in [5.41, 5.74) is -0.746. The van der Waals surface area contributed by atoms with Crippen LogP contribution in [0, 0.1) is 0 Å². The molecule has 5 heteroatoms. The van der Waals surface area contributed by atoms with Crippen LogP contribution in [0.4, 0.5) is 0 Å². The third-order valence-electron chi connectivity index (χ3n) is 5.56. The van der Waals surface area contributed by atoms with E-state index in [-0.39, 0.29) is 11.9 Å². The lowest BCUT2D eigenvalue weighted by atomic mass is 9.85. The van der Waals surface area contributed by atoms with Crippen molar-refractivity contribution in [3.05, 3.63) is 23.7 Å². The molecule has 1 aliphatic heterocycles. The largest absolute Gasteiger partial charge is 0.454 e. The van der Waals surface area contributed by atoms with Crippen molar-refractivity contribution in [2.75, 3.05) is 19.6 Å². The normalized spacial score (nSPS) is 22.9. The third-order valence-corrected chi connectivity index (χ3v) is 5.56. The van der Waals surface area contributed by atoms with E-state index in [1.165, 1.54) is 25.7 Å². The SMILES string of the molecule is CC(c1ccc(C(=O)NCC2(O)CCCCC2)o1)N1CCCCC1. The van der Waals surface area contributed by atoms with E-state index in [9.17, 15) is 9.90 Å². The van der Waals surface area contributed by atoms with Crippen LogP contribution in [0.15, 0.2) is 16.5 Å². The Morgan fingerprint density at radius 1 is 1.21 bits per heavy atom. The van der Waals surface area contributed by atoms with Gasteiger partial charge in [-0.25, -0.2) is 0 Å². The number of hydrogen-bond acceptors (Lipinski definition) is 4. The van der Waals surface area contributed by atoms with Crippen molar-refractivity contribution in [3.8, 4) is 0 Å². The van der Waals surface area contributed by atoms with Crippen molar-refractivity contribution in [2.24, 2.45) is 0 Å². The molecular weight excluding hydrogens is 304 g/mol. The van der Waals surface area contributed by atoms with E-state index in [4.69, 9.17) is 4.42 Å². The molecule has 1 aromatic heterocycles. The minimum absolute atomic E-state index is 0.203. The highest BCUT2D eigenvalue weighted by Gasteiger charge is 2.30. The van der Waals surface area contributed by atoms with Crippen LogP contribution in [0.25, 0.3) is 0 Å². The van der Waals surface area contributed by atoms with Crippen LogP contribution in [0.3, 0.4) is 0 Å². The van der Waals surface area contributed by atoms with Crippen molar-refractivity contribution in [1.29, 1.82) is 0 Å². The number of carbonyl (C=O) groups excluding carboxylic acids is 1. The topological polar surface area (TPSA) is 65.7 Å². The number of nitrogens with zero attached hydrogens (tertiary/aromatic N) is 1. The van der Waals surface area contributed by atoms with Gasteiger partial charge >= 0.3 is 0 Å². The van der Waals surface area contributed by atoms with E-state index >= 15 is 0 Å². The maximum absolute atomic E-state index is 12.3. The Labute approximate surface area is 144 Å². The lowest BCUT2D eigenvalue weighted by Crippen LogP contribution is -2.44. The molecule has 134 valence electrons. The molecule has 5 nitrogen and oxygen atoms in total. The maximum atomic E-state index is 12.3. The summed E-state index contributed by atoms with van der Waals surface area (Å²) in [7, 11) is 0. The molecule has 3 rings (SSSR count). The highest BCUT2D eigenvalue weighted by Crippen LogP contribution is 2.28. The first kappa shape index (κ1) is 17.5. The van der Waals surface area contributed by atoms with Gasteiger partial charge in [0.25, 0.3) is 5.91 Å². The molecule has 1 aromatic rings. The quantitative estimate of drug-likeness (QED) is 0.867. The number of likely N-dealkylation sites (tertiary alicyclic amines) is 1. The number of amides is 1. The summed E-state index contributed by atoms with van der Waals surface area (Å²) in [6, 6.07) is 3.86. The highest BCUT2D eigenvalue weighted by atomic mass is 16.4. The second-order valence-electron chi connectivity index (χ2n) is 7.44. The van der Waals surface area contributed by atoms with E-state index in [0.29, 0.717) is 12.3 Å². The molecule has 1 unspecified atom stereocenters. The van der Waals surface area contributed by atoms with Crippen LogP contribution < -0.4 is 5.32 Å². The standard InChI is InChI=1S/C19H30N2O3/c1-15(21-12-6-3-7-13-21)16-8-9-17(24-16)18(22)20-14-19(23)10-4-2-5-11-19/h8-9,15,23H,2-7,10-14H2,1H3,(H,20,22). The molecule has 0 radical (unpaired) electrons. The fourth-order valence-electron chi connectivity index (χ4n) is 3.90. The van der Waals surface area contributed by atoms with Gasteiger partial charge in [-0.15, -0.1) is 0 Å². The number of rotatable bonds is 5. The Morgan fingerprint density at radius 2 is 1.88 bits per heavy atom. The molecule has 2 aliphatic rings. The fourth-order valence-corrected chi connectivity index (χ4v) is 3.90. The van der Waals surface area contributed by atoms with Gasteiger partial charge in [0.05, 0.1) is 11.6 Å². The Morgan fingerprint density at radius 3 is 2.58 bits per heavy atom. The predicted octanol–water partition coefficient (Wildman–Crippen LogP) is 3.25. The lowest BCUT2D eigenvalue weighted by Gasteiger charge is -2.32. The van der Waals surface area contributed by atoms with Gasteiger partial charge in [-0.05, 0) is 57.8 Å². The van der Waals surface area contributed by atoms with Crippen molar-refractivity contribution in [1.82, 2.24) is 10.2 Å². The van der Waals surface area contributed by atoms with E-state index in [2.05, 4.69) is 17.1 Å². The lowest BCUT2D eigenvalue weighted by molar-refractivity contribution is 0.00499. The summed E-state index contributed by atoms with van der Waals surface area (Å²) in [6.45, 7) is 4.63. The zero-order chi connectivity index (χ0) is 17.0. The first-order valence-electron chi connectivity index (χ1n) is 9.42. The van der Waals surface area contributed by atoms with Crippen LogP contribution >= 0.6 is 0 Å². The Hall–Kier alpha value is -1.33. The Bertz CT molecular complexity index is 543. The molecular formula is C19H30N2O3. The van der Waals surface area contributed by atoms with Gasteiger partial charge in [-0.1, -0.05) is 25.7 Å². The first-order chi connectivity index (χ1) is 11.6. The molecule has 1 aliphatic carbocycles. The number of nitrogens with one attached hydrogen (secondary N) is 1. The van der Waals surface area contributed by atoms with E-state index < -0.39 is 5.60 Å². The van der Waals surface area contributed by atoms with Gasteiger partial charge in [0, 0.05) is 6.54 Å². The number of hydrogen-bond donors (Lipinski definition) is 2. The predicted molar refractivity (Wildman–Crippen MR) is 92.9 cm³/mol. The molecule has 0 aromatic carbocycles. The summed E-state index contributed by atoms with van der Waals surface area (Å²) < 4.78 is 5.80. The summed E-state index contributed by atoms with van der Waals surface area (Å²) in [5, 5.41) is 13.3. The molecule has 0 spiro atoms. The molecule has 1 atom stereocenters. The van der Waals surface area contributed by atoms with Crippen molar-refractivity contribution < 1.29 is 14.3 Å². The van der Waals surface area contributed by atoms with Crippen LogP contribution in [-0.2, 0) is 0 Å². The maximum Gasteiger partial charge on any atom is 0.287 e. The van der Waals surface area contributed by atoms with E-state index in [0.717, 1.165) is 44.5 Å². The second-order valence-corrected chi connectivity index (χ2v) is 7.44. The zero-order valence-electron chi connectivity index (χ0n) is 14.7. The highest BCUT2D eigenvalue weighted by molar-refractivity contribution is 5.91. The zero-order valence-corrected chi connectivity index (χ0v) is 14.7. The first-order valence-corrected chi connectivity index (χ1v) is 9.42. The second kappa shape index (κ2) is 7.70. The van der Waals surface area contributed by atoms with Crippen LogP contribution in [-0.4, -0.2) is 41.1 Å². The smallest absolute Gasteiger partial charge is 0.287 e. The van der Waals surface area contributed by atoms with E-state index in [1.54, 1.807) is 6.07 Å². The minimum Gasteiger partial charge on any atom is -0.454 e. The monoisotopic (exact) mass is 334 g/mol. The number of carbonyl (C=O) groups is 1. The molecule has 1 amide bonds. The number of aliphatic hydroxyl groups is 1. The van der Waals surface area contributed by atoms with Crippen molar-refractivity contribution in [2.45, 2.75) is 69.9 Å². The van der Waals surface area contributed by atoms with Gasteiger partial charge in [-0.2, -0.15) is 0 Å². The molecule has 2 fully saturated rings.